The lowest BCUT2D eigenvalue weighted by Gasteiger charge is -2.11. The second-order valence-electron chi connectivity index (χ2n) is 4.71. The quantitative estimate of drug-likeness (QED) is 0.406. The second kappa shape index (κ2) is 10.4. The molecule has 0 atom stereocenters. The van der Waals surface area contributed by atoms with Gasteiger partial charge in [0.15, 0.2) is 5.96 Å². The van der Waals surface area contributed by atoms with Gasteiger partial charge in [-0.05, 0) is 19.9 Å². The number of nitrogens with one attached hydrogen (secondary N) is 2. The average Bonchev–Trinajstić information content (AvgIpc) is 2.96. The van der Waals surface area contributed by atoms with E-state index in [9.17, 15) is 0 Å². The summed E-state index contributed by atoms with van der Waals surface area (Å²) in [6, 6.07) is 7.93. The Kier molecular flexibility index (Phi) is 8.93. The molecule has 0 saturated heterocycles. The SMILES string of the molecule is CCNC(=NCc1ccccc1OC)NCc1cnc(C)s1.I. The molecule has 2 aromatic rings. The zero-order valence-corrected chi connectivity index (χ0v) is 16.8. The molecule has 5 nitrogen and oxygen atoms in total. The van der Waals surface area contributed by atoms with E-state index >= 15 is 0 Å². The number of hydrogen-bond acceptors (Lipinski definition) is 4. The minimum atomic E-state index is 0. The Balaban J connectivity index is 0.00000264. The van der Waals surface area contributed by atoms with Crippen LogP contribution in [-0.4, -0.2) is 24.6 Å². The number of aryl methyl sites for hydroxylation is 1. The van der Waals surface area contributed by atoms with E-state index in [0.717, 1.165) is 35.4 Å². The van der Waals surface area contributed by atoms with Crippen LogP contribution in [0.2, 0.25) is 0 Å². The summed E-state index contributed by atoms with van der Waals surface area (Å²) in [5, 5.41) is 7.65. The van der Waals surface area contributed by atoms with Crippen LogP contribution in [0.4, 0.5) is 0 Å². The highest BCUT2D eigenvalue weighted by atomic mass is 127. The minimum Gasteiger partial charge on any atom is -0.496 e. The number of guanidine groups is 1. The van der Waals surface area contributed by atoms with Crippen LogP contribution >= 0.6 is 35.3 Å². The van der Waals surface area contributed by atoms with Crippen molar-refractivity contribution < 1.29 is 4.74 Å². The molecule has 1 aromatic heterocycles. The Hall–Kier alpha value is -1.35. The highest BCUT2D eigenvalue weighted by Gasteiger charge is 2.03. The number of rotatable bonds is 6. The van der Waals surface area contributed by atoms with Crippen LogP contribution in [0.15, 0.2) is 35.5 Å². The summed E-state index contributed by atoms with van der Waals surface area (Å²) >= 11 is 1.69. The van der Waals surface area contributed by atoms with Gasteiger partial charge in [-0.25, -0.2) is 9.98 Å². The molecule has 0 saturated carbocycles. The fourth-order valence-electron chi connectivity index (χ4n) is 2.00. The van der Waals surface area contributed by atoms with E-state index in [-0.39, 0.29) is 24.0 Å². The molecule has 0 radical (unpaired) electrons. The van der Waals surface area contributed by atoms with Gasteiger partial charge in [0.05, 0.1) is 25.2 Å². The predicted molar refractivity (Wildman–Crippen MR) is 107 cm³/mol. The summed E-state index contributed by atoms with van der Waals surface area (Å²) in [5.74, 6) is 1.65. The molecule has 0 aliphatic rings. The standard InChI is InChI=1S/C16H22N4OS.HI/c1-4-17-16(20-11-14-10-18-12(2)22-14)19-9-13-7-5-6-8-15(13)21-3;/h5-8,10H,4,9,11H2,1-3H3,(H2,17,19,20);1H. The number of aliphatic imine (C=N–C) groups is 1. The fourth-order valence-corrected chi connectivity index (χ4v) is 2.73. The zero-order valence-electron chi connectivity index (χ0n) is 13.6. The number of hydrogen-bond donors (Lipinski definition) is 2. The molecule has 23 heavy (non-hydrogen) atoms. The van der Waals surface area contributed by atoms with Gasteiger partial charge in [0.25, 0.3) is 0 Å². The molecule has 1 heterocycles. The first-order valence-corrected chi connectivity index (χ1v) is 8.10. The van der Waals surface area contributed by atoms with Crippen LogP contribution in [0.5, 0.6) is 5.75 Å². The molecule has 0 aliphatic carbocycles. The van der Waals surface area contributed by atoms with Crippen molar-refractivity contribution in [2.45, 2.75) is 26.9 Å². The molecule has 2 N–H and O–H groups in total. The van der Waals surface area contributed by atoms with Gasteiger partial charge < -0.3 is 15.4 Å². The van der Waals surface area contributed by atoms with E-state index in [1.54, 1.807) is 18.4 Å². The van der Waals surface area contributed by atoms with E-state index in [0.29, 0.717) is 6.54 Å². The third-order valence-corrected chi connectivity index (χ3v) is 3.96. The lowest BCUT2D eigenvalue weighted by molar-refractivity contribution is 0.410. The van der Waals surface area contributed by atoms with Crippen molar-refractivity contribution in [2.24, 2.45) is 4.99 Å². The van der Waals surface area contributed by atoms with Crippen LogP contribution in [0.1, 0.15) is 22.4 Å². The maximum absolute atomic E-state index is 5.35. The monoisotopic (exact) mass is 446 g/mol. The van der Waals surface area contributed by atoms with Gasteiger partial charge in [0.1, 0.15) is 5.75 Å². The number of ether oxygens (including phenoxy) is 1. The van der Waals surface area contributed by atoms with E-state index in [2.05, 4.69) is 27.5 Å². The van der Waals surface area contributed by atoms with Crippen molar-refractivity contribution in [1.29, 1.82) is 0 Å². The first-order valence-electron chi connectivity index (χ1n) is 7.28. The van der Waals surface area contributed by atoms with Crippen molar-refractivity contribution >= 4 is 41.3 Å². The summed E-state index contributed by atoms with van der Waals surface area (Å²) in [7, 11) is 1.68. The van der Waals surface area contributed by atoms with Gasteiger partial charge in [-0.3, -0.25) is 0 Å². The molecule has 0 unspecified atom stereocenters. The lowest BCUT2D eigenvalue weighted by Crippen LogP contribution is -2.36. The third kappa shape index (κ3) is 6.34. The Morgan fingerprint density at radius 2 is 2.09 bits per heavy atom. The van der Waals surface area contributed by atoms with Gasteiger partial charge >= 0.3 is 0 Å². The molecule has 0 bridgehead atoms. The Bertz CT molecular complexity index is 630. The molecule has 0 amide bonds. The molecule has 126 valence electrons. The second-order valence-corrected chi connectivity index (χ2v) is 6.03. The first-order chi connectivity index (χ1) is 10.7. The van der Waals surface area contributed by atoms with E-state index < -0.39 is 0 Å². The van der Waals surface area contributed by atoms with Gasteiger partial charge in [-0.1, -0.05) is 18.2 Å². The lowest BCUT2D eigenvalue weighted by atomic mass is 10.2. The van der Waals surface area contributed by atoms with Crippen molar-refractivity contribution in [2.75, 3.05) is 13.7 Å². The Labute approximate surface area is 158 Å². The number of thiazole rings is 1. The normalized spacial score (nSPS) is 10.8. The molecule has 7 heteroatoms. The minimum absolute atomic E-state index is 0. The largest absolute Gasteiger partial charge is 0.496 e. The molecule has 1 aromatic carbocycles. The first kappa shape index (κ1) is 19.7. The number of aromatic nitrogens is 1. The van der Waals surface area contributed by atoms with Crippen molar-refractivity contribution in [3.05, 3.63) is 45.9 Å². The summed E-state index contributed by atoms with van der Waals surface area (Å²) in [4.78, 5) is 10.1. The topological polar surface area (TPSA) is 58.5 Å². The van der Waals surface area contributed by atoms with Crippen LogP contribution in [-0.2, 0) is 13.1 Å². The van der Waals surface area contributed by atoms with E-state index in [1.165, 1.54) is 4.88 Å². The average molecular weight is 446 g/mol. The Morgan fingerprint density at radius 3 is 2.74 bits per heavy atom. The molecular weight excluding hydrogens is 423 g/mol. The highest BCUT2D eigenvalue weighted by molar-refractivity contribution is 14.0. The fraction of sp³-hybridized carbons (Fsp3) is 0.375. The molecule has 2 rings (SSSR count). The zero-order chi connectivity index (χ0) is 15.8. The summed E-state index contributed by atoms with van der Waals surface area (Å²) in [6.07, 6.45) is 1.90. The van der Waals surface area contributed by atoms with Crippen molar-refractivity contribution in [3.8, 4) is 5.75 Å². The number of methoxy groups -OCH3 is 1. The number of nitrogens with zero attached hydrogens (tertiary/aromatic N) is 2. The van der Waals surface area contributed by atoms with Crippen molar-refractivity contribution in [1.82, 2.24) is 15.6 Å². The van der Waals surface area contributed by atoms with E-state index in [1.807, 2.05) is 37.4 Å². The number of benzene rings is 1. The number of halogens is 1. The van der Waals surface area contributed by atoms with Gasteiger partial charge in [0, 0.05) is 23.2 Å². The molecule has 0 fully saturated rings. The molecular formula is C16H23IN4OS. The molecule has 0 spiro atoms. The number of para-hydroxylation sites is 1. The Morgan fingerprint density at radius 1 is 1.30 bits per heavy atom. The van der Waals surface area contributed by atoms with Gasteiger partial charge in [0.2, 0.25) is 0 Å². The van der Waals surface area contributed by atoms with Crippen LogP contribution in [0.3, 0.4) is 0 Å². The summed E-state index contributed by atoms with van der Waals surface area (Å²) in [6.45, 7) is 6.18. The smallest absolute Gasteiger partial charge is 0.191 e. The van der Waals surface area contributed by atoms with Gasteiger partial charge in [-0.2, -0.15) is 0 Å². The summed E-state index contributed by atoms with van der Waals surface area (Å²) < 4.78 is 5.35. The highest BCUT2D eigenvalue weighted by Crippen LogP contribution is 2.18. The van der Waals surface area contributed by atoms with Crippen LogP contribution < -0.4 is 15.4 Å². The van der Waals surface area contributed by atoms with Crippen LogP contribution in [0, 0.1) is 6.92 Å². The maximum Gasteiger partial charge on any atom is 0.191 e. The predicted octanol–water partition coefficient (Wildman–Crippen LogP) is 3.33. The third-order valence-electron chi connectivity index (χ3n) is 3.04. The van der Waals surface area contributed by atoms with Gasteiger partial charge in [-0.15, -0.1) is 35.3 Å². The summed E-state index contributed by atoms with van der Waals surface area (Å²) in [5.41, 5.74) is 1.07. The molecule has 0 aliphatic heterocycles. The van der Waals surface area contributed by atoms with Crippen LogP contribution in [0.25, 0.3) is 0 Å². The van der Waals surface area contributed by atoms with Crippen molar-refractivity contribution in [3.63, 3.8) is 0 Å². The maximum atomic E-state index is 5.35. The van der Waals surface area contributed by atoms with E-state index in [4.69, 9.17) is 4.74 Å².